The lowest BCUT2D eigenvalue weighted by molar-refractivity contribution is 0.153. The van der Waals surface area contributed by atoms with Gasteiger partial charge in [-0.25, -0.2) is 0 Å². The van der Waals surface area contributed by atoms with Gasteiger partial charge in [-0.15, -0.1) is 0 Å². The molecular formula is C6H13NO. The van der Waals surface area contributed by atoms with Crippen molar-refractivity contribution in [3.05, 3.63) is 0 Å². The Morgan fingerprint density at radius 1 is 1.50 bits per heavy atom. The molecule has 0 aromatic rings. The smallest absolute Gasteiger partial charge is 0.0693 e. The fourth-order valence-corrected chi connectivity index (χ4v) is 1.28. The minimum atomic E-state index is -0.0833. The van der Waals surface area contributed by atoms with E-state index in [4.69, 9.17) is 5.11 Å². The molecular weight excluding hydrogens is 102 g/mol. The molecule has 1 saturated carbocycles. The predicted molar refractivity (Wildman–Crippen MR) is 32.7 cm³/mol. The molecule has 0 saturated heterocycles. The van der Waals surface area contributed by atoms with Crippen LogP contribution < -0.4 is 5.32 Å². The van der Waals surface area contributed by atoms with Crippen LogP contribution >= 0.6 is 0 Å². The van der Waals surface area contributed by atoms with Gasteiger partial charge in [0.2, 0.25) is 0 Å². The third-order valence-electron chi connectivity index (χ3n) is 1.85. The van der Waals surface area contributed by atoms with Gasteiger partial charge < -0.3 is 10.4 Å². The van der Waals surface area contributed by atoms with Gasteiger partial charge in [-0.2, -0.15) is 0 Å². The van der Waals surface area contributed by atoms with Gasteiger partial charge >= 0.3 is 0 Å². The van der Waals surface area contributed by atoms with Crippen molar-refractivity contribution in [1.82, 2.24) is 5.32 Å². The average Bonchev–Trinajstić information content (AvgIpc) is 2.14. The Bertz CT molecular complexity index is 74.9. The number of aliphatic hydroxyl groups excluding tert-OH is 1. The second kappa shape index (κ2) is 2.46. The molecule has 0 amide bonds. The first kappa shape index (κ1) is 6.05. The van der Waals surface area contributed by atoms with Crippen LogP contribution in [0.15, 0.2) is 0 Å². The van der Waals surface area contributed by atoms with E-state index in [0.29, 0.717) is 6.04 Å². The van der Waals surface area contributed by atoms with E-state index in [2.05, 4.69) is 5.32 Å². The maximum atomic E-state index is 9.13. The third-order valence-corrected chi connectivity index (χ3v) is 1.85. The molecule has 0 heterocycles. The molecule has 2 nitrogen and oxygen atoms in total. The highest BCUT2D eigenvalue weighted by Crippen LogP contribution is 2.17. The molecule has 0 aromatic heterocycles. The number of likely N-dealkylation sites (N-methyl/N-ethyl adjacent to an activating group) is 1. The number of hydrogen-bond donors (Lipinski definition) is 2. The Hall–Kier alpha value is -0.0800. The van der Waals surface area contributed by atoms with Crippen LogP contribution in [0.25, 0.3) is 0 Å². The van der Waals surface area contributed by atoms with Gasteiger partial charge in [0.15, 0.2) is 0 Å². The summed E-state index contributed by atoms with van der Waals surface area (Å²) in [5, 5.41) is 12.2. The minimum absolute atomic E-state index is 0.0833. The zero-order chi connectivity index (χ0) is 5.98. The summed E-state index contributed by atoms with van der Waals surface area (Å²) in [6.07, 6.45) is 3.20. The fourth-order valence-electron chi connectivity index (χ4n) is 1.28. The number of rotatable bonds is 1. The maximum Gasteiger partial charge on any atom is 0.0693 e. The first-order valence-electron chi connectivity index (χ1n) is 3.20. The van der Waals surface area contributed by atoms with Crippen molar-refractivity contribution < 1.29 is 5.11 Å². The highest BCUT2D eigenvalue weighted by molar-refractivity contribution is 4.80. The minimum Gasteiger partial charge on any atom is -0.392 e. The summed E-state index contributed by atoms with van der Waals surface area (Å²) in [7, 11) is 1.90. The van der Waals surface area contributed by atoms with Crippen molar-refractivity contribution in [2.75, 3.05) is 7.05 Å². The van der Waals surface area contributed by atoms with Gasteiger partial charge in [-0.1, -0.05) is 0 Å². The van der Waals surface area contributed by atoms with Crippen molar-refractivity contribution in [1.29, 1.82) is 0 Å². The van der Waals surface area contributed by atoms with Crippen LogP contribution in [-0.4, -0.2) is 24.3 Å². The summed E-state index contributed by atoms with van der Waals surface area (Å²) >= 11 is 0. The van der Waals surface area contributed by atoms with Crippen molar-refractivity contribution >= 4 is 0 Å². The molecule has 0 aromatic carbocycles. The normalized spacial score (nSPS) is 38.2. The lowest BCUT2D eigenvalue weighted by atomic mass is 10.2. The zero-order valence-corrected chi connectivity index (χ0v) is 5.22. The number of aliphatic hydroxyl groups is 1. The van der Waals surface area contributed by atoms with Gasteiger partial charge in [0, 0.05) is 6.04 Å². The molecule has 48 valence electrons. The SMILES string of the molecule is CNC1CCC[C@@H]1O. The van der Waals surface area contributed by atoms with Crippen LogP contribution in [0.5, 0.6) is 0 Å². The Morgan fingerprint density at radius 2 is 2.25 bits per heavy atom. The molecule has 0 radical (unpaired) electrons. The fraction of sp³-hybridized carbons (Fsp3) is 1.00. The molecule has 8 heavy (non-hydrogen) atoms. The Labute approximate surface area is 49.9 Å². The molecule has 1 rings (SSSR count). The highest BCUT2D eigenvalue weighted by Gasteiger charge is 2.22. The molecule has 1 aliphatic rings. The molecule has 1 aliphatic carbocycles. The summed E-state index contributed by atoms with van der Waals surface area (Å²) in [4.78, 5) is 0. The Morgan fingerprint density at radius 3 is 2.50 bits per heavy atom. The quantitative estimate of drug-likeness (QED) is 0.508. The second-order valence-electron chi connectivity index (χ2n) is 2.39. The predicted octanol–water partition coefficient (Wildman–Crippen LogP) is 0.119. The van der Waals surface area contributed by atoms with Crippen molar-refractivity contribution in [2.45, 2.75) is 31.4 Å². The van der Waals surface area contributed by atoms with Crippen LogP contribution in [-0.2, 0) is 0 Å². The third kappa shape index (κ3) is 1.01. The molecule has 2 heteroatoms. The molecule has 1 fully saturated rings. The summed E-state index contributed by atoms with van der Waals surface area (Å²) in [6.45, 7) is 0. The van der Waals surface area contributed by atoms with E-state index in [1.807, 2.05) is 7.05 Å². The molecule has 0 bridgehead atoms. The second-order valence-corrected chi connectivity index (χ2v) is 2.39. The van der Waals surface area contributed by atoms with E-state index < -0.39 is 0 Å². The van der Waals surface area contributed by atoms with Gasteiger partial charge in [0.05, 0.1) is 6.10 Å². The standard InChI is InChI=1S/C6H13NO/c1-7-5-3-2-4-6(5)8/h5-8H,2-4H2,1H3/t5?,6-/m0/s1. The summed E-state index contributed by atoms with van der Waals surface area (Å²) in [5.41, 5.74) is 0. The highest BCUT2D eigenvalue weighted by atomic mass is 16.3. The van der Waals surface area contributed by atoms with Gasteiger partial charge in [-0.3, -0.25) is 0 Å². The van der Waals surface area contributed by atoms with E-state index in [0.717, 1.165) is 12.8 Å². The van der Waals surface area contributed by atoms with Crippen molar-refractivity contribution in [3.63, 3.8) is 0 Å². The summed E-state index contributed by atoms with van der Waals surface area (Å²) < 4.78 is 0. The largest absolute Gasteiger partial charge is 0.392 e. The van der Waals surface area contributed by atoms with E-state index in [1.54, 1.807) is 0 Å². The van der Waals surface area contributed by atoms with Crippen molar-refractivity contribution in [3.8, 4) is 0 Å². The molecule has 2 atom stereocenters. The average molecular weight is 115 g/mol. The van der Waals surface area contributed by atoms with E-state index in [1.165, 1.54) is 6.42 Å². The lowest BCUT2D eigenvalue weighted by Crippen LogP contribution is -2.32. The molecule has 0 spiro atoms. The van der Waals surface area contributed by atoms with E-state index in [9.17, 15) is 0 Å². The summed E-state index contributed by atoms with van der Waals surface area (Å²) in [5.74, 6) is 0. The first-order valence-corrected chi connectivity index (χ1v) is 3.20. The van der Waals surface area contributed by atoms with Crippen LogP contribution in [0, 0.1) is 0 Å². The zero-order valence-electron chi connectivity index (χ0n) is 5.22. The lowest BCUT2D eigenvalue weighted by Gasteiger charge is -2.11. The van der Waals surface area contributed by atoms with Crippen LogP contribution in [0.2, 0.25) is 0 Å². The first-order chi connectivity index (χ1) is 3.84. The van der Waals surface area contributed by atoms with Gasteiger partial charge in [0.1, 0.15) is 0 Å². The molecule has 2 N–H and O–H groups in total. The van der Waals surface area contributed by atoms with Gasteiger partial charge in [-0.05, 0) is 26.3 Å². The molecule has 0 aliphatic heterocycles. The maximum absolute atomic E-state index is 9.13. The van der Waals surface area contributed by atoms with Crippen molar-refractivity contribution in [2.24, 2.45) is 0 Å². The Kier molecular flexibility index (Phi) is 1.86. The van der Waals surface area contributed by atoms with Crippen LogP contribution in [0.3, 0.4) is 0 Å². The van der Waals surface area contributed by atoms with Crippen LogP contribution in [0.1, 0.15) is 19.3 Å². The monoisotopic (exact) mass is 115 g/mol. The van der Waals surface area contributed by atoms with Crippen LogP contribution in [0.4, 0.5) is 0 Å². The number of hydrogen-bond acceptors (Lipinski definition) is 2. The Balaban J connectivity index is 2.30. The number of nitrogens with one attached hydrogen (secondary N) is 1. The topological polar surface area (TPSA) is 32.3 Å². The molecule has 1 unspecified atom stereocenters. The van der Waals surface area contributed by atoms with E-state index >= 15 is 0 Å². The summed E-state index contributed by atoms with van der Waals surface area (Å²) in [6, 6.07) is 0.370. The van der Waals surface area contributed by atoms with E-state index in [-0.39, 0.29) is 6.10 Å². The van der Waals surface area contributed by atoms with Gasteiger partial charge in [0.25, 0.3) is 0 Å².